The molecule has 0 aromatic heterocycles. The third-order valence-corrected chi connectivity index (χ3v) is 2.86. The Labute approximate surface area is 124 Å². The van der Waals surface area contributed by atoms with Crippen LogP contribution in [0.25, 0.3) is 0 Å². The zero-order valence-electron chi connectivity index (χ0n) is 12.5. The maximum atomic E-state index is 12.1. The predicted octanol–water partition coefficient (Wildman–Crippen LogP) is 2.19. The Balaban J connectivity index is 2.85. The summed E-state index contributed by atoms with van der Waals surface area (Å²) < 4.78 is 15.5. The highest BCUT2D eigenvalue weighted by Gasteiger charge is 2.52. The Bertz CT molecular complexity index is 391. The number of carbonyl (C=O) groups excluding carboxylic acids is 2. The van der Waals surface area contributed by atoms with Crippen LogP contribution in [0, 0.1) is 0 Å². The lowest BCUT2D eigenvalue weighted by Gasteiger charge is -2.29. The van der Waals surface area contributed by atoms with Crippen molar-refractivity contribution in [3.63, 3.8) is 0 Å². The van der Waals surface area contributed by atoms with Gasteiger partial charge in [0.2, 0.25) is 0 Å². The largest absolute Gasteiger partial charge is 0.448 e. The van der Waals surface area contributed by atoms with Gasteiger partial charge in [0.05, 0.1) is 12.2 Å². The number of esters is 1. The van der Waals surface area contributed by atoms with Crippen LogP contribution < -0.4 is 5.32 Å². The average molecular weight is 308 g/mol. The number of carbonyl (C=O) groups is 2. The van der Waals surface area contributed by atoms with E-state index in [2.05, 4.69) is 5.32 Å². The molecule has 1 rings (SSSR count). The van der Waals surface area contributed by atoms with Crippen LogP contribution in [0.2, 0.25) is 0 Å². The SMILES string of the molecule is CC(C)(C)OC(=O)NC1(C(=O)OCCl)COC(C)(C)C1. The number of halogens is 1. The molecule has 1 aliphatic heterocycles. The standard InChI is InChI=1S/C13H22ClNO5/c1-11(2,3)20-10(17)15-13(9(16)18-8-14)6-12(4,5)19-7-13/h6-8H2,1-5H3,(H,15,17). The molecule has 1 saturated heterocycles. The number of hydrogen-bond donors (Lipinski definition) is 1. The van der Waals surface area contributed by atoms with E-state index in [9.17, 15) is 9.59 Å². The van der Waals surface area contributed by atoms with Crippen molar-refractivity contribution in [2.45, 2.75) is 57.8 Å². The van der Waals surface area contributed by atoms with Gasteiger partial charge in [-0.25, -0.2) is 9.59 Å². The minimum atomic E-state index is -1.26. The molecule has 1 unspecified atom stereocenters. The van der Waals surface area contributed by atoms with Gasteiger partial charge < -0.3 is 19.5 Å². The van der Waals surface area contributed by atoms with Crippen molar-refractivity contribution in [2.75, 3.05) is 12.7 Å². The van der Waals surface area contributed by atoms with Gasteiger partial charge in [-0.15, -0.1) is 0 Å². The second-order valence-corrected chi connectivity index (χ2v) is 6.69. The fourth-order valence-corrected chi connectivity index (χ4v) is 2.20. The second kappa shape index (κ2) is 5.77. The molecule has 0 aliphatic carbocycles. The Kier molecular flexibility index (Phi) is 4.92. The zero-order valence-corrected chi connectivity index (χ0v) is 13.3. The van der Waals surface area contributed by atoms with Crippen LogP contribution in [0.5, 0.6) is 0 Å². The zero-order chi connectivity index (χ0) is 15.6. The summed E-state index contributed by atoms with van der Waals surface area (Å²) in [5.41, 5.74) is -2.46. The van der Waals surface area contributed by atoms with E-state index >= 15 is 0 Å². The van der Waals surface area contributed by atoms with Gasteiger partial charge in [-0.3, -0.25) is 0 Å². The van der Waals surface area contributed by atoms with Crippen LogP contribution in [0.1, 0.15) is 41.0 Å². The van der Waals surface area contributed by atoms with Gasteiger partial charge in [-0.1, -0.05) is 11.6 Å². The van der Waals surface area contributed by atoms with Crippen LogP contribution in [0.15, 0.2) is 0 Å². The summed E-state index contributed by atoms with van der Waals surface area (Å²) in [6.45, 7) is 8.91. The summed E-state index contributed by atoms with van der Waals surface area (Å²) in [5, 5.41) is 2.57. The summed E-state index contributed by atoms with van der Waals surface area (Å²) in [6.07, 6.45) is -0.403. The lowest BCUT2D eigenvalue weighted by molar-refractivity contribution is -0.149. The van der Waals surface area contributed by atoms with Gasteiger partial charge in [0.1, 0.15) is 5.60 Å². The average Bonchev–Trinajstić information content (AvgIpc) is 2.52. The molecular formula is C13H22ClNO5. The first-order valence-corrected chi connectivity index (χ1v) is 6.91. The van der Waals surface area contributed by atoms with E-state index in [0.717, 1.165) is 0 Å². The smallest absolute Gasteiger partial charge is 0.408 e. The molecule has 1 heterocycles. The Morgan fingerprint density at radius 1 is 1.35 bits per heavy atom. The normalized spacial score (nSPS) is 25.1. The highest BCUT2D eigenvalue weighted by atomic mass is 35.5. The second-order valence-electron chi connectivity index (χ2n) is 6.48. The number of alkyl halides is 1. The Morgan fingerprint density at radius 2 is 1.95 bits per heavy atom. The molecule has 1 N–H and O–H groups in total. The lowest BCUT2D eigenvalue weighted by Crippen LogP contribution is -2.57. The summed E-state index contributed by atoms with van der Waals surface area (Å²) in [6, 6.07) is -0.281. The molecule has 6 nitrogen and oxygen atoms in total. The number of alkyl carbamates (subject to hydrolysis) is 1. The highest BCUT2D eigenvalue weighted by Crippen LogP contribution is 2.34. The number of nitrogens with one attached hydrogen (secondary N) is 1. The van der Waals surface area contributed by atoms with Crippen LogP contribution in [-0.4, -0.2) is 41.5 Å². The molecule has 0 bridgehead atoms. The Hall–Kier alpha value is -1.01. The summed E-state index contributed by atoms with van der Waals surface area (Å²) >= 11 is 5.42. The van der Waals surface area contributed by atoms with Gasteiger partial charge in [0.15, 0.2) is 11.6 Å². The minimum absolute atomic E-state index is 0.0228. The summed E-state index contributed by atoms with van der Waals surface area (Å²) in [5.74, 6) is -0.621. The molecule has 1 fully saturated rings. The first kappa shape index (κ1) is 17.0. The maximum Gasteiger partial charge on any atom is 0.408 e. The predicted molar refractivity (Wildman–Crippen MR) is 73.6 cm³/mol. The van der Waals surface area contributed by atoms with E-state index in [-0.39, 0.29) is 19.1 Å². The number of rotatable bonds is 3. The van der Waals surface area contributed by atoms with Crippen LogP contribution in [-0.2, 0) is 19.0 Å². The van der Waals surface area contributed by atoms with Gasteiger partial charge in [0.25, 0.3) is 0 Å². The molecular weight excluding hydrogens is 286 g/mol. The molecule has 1 atom stereocenters. The molecule has 0 saturated carbocycles. The fraction of sp³-hybridized carbons (Fsp3) is 0.846. The molecule has 1 amide bonds. The van der Waals surface area contributed by atoms with Crippen molar-refractivity contribution in [2.24, 2.45) is 0 Å². The van der Waals surface area contributed by atoms with E-state index < -0.39 is 28.8 Å². The molecule has 116 valence electrons. The van der Waals surface area contributed by atoms with Crippen LogP contribution >= 0.6 is 11.6 Å². The fourth-order valence-electron chi connectivity index (χ4n) is 2.10. The van der Waals surface area contributed by atoms with E-state index in [1.807, 2.05) is 13.8 Å². The quantitative estimate of drug-likeness (QED) is 0.639. The molecule has 0 radical (unpaired) electrons. The highest BCUT2D eigenvalue weighted by molar-refractivity contribution is 6.17. The first-order chi connectivity index (χ1) is 9.00. The molecule has 7 heteroatoms. The topological polar surface area (TPSA) is 73.9 Å². The maximum absolute atomic E-state index is 12.1. The monoisotopic (exact) mass is 307 g/mol. The van der Waals surface area contributed by atoms with E-state index in [4.69, 9.17) is 25.8 Å². The van der Waals surface area contributed by atoms with E-state index in [1.165, 1.54) is 0 Å². The van der Waals surface area contributed by atoms with Crippen molar-refractivity contribution in [3.05, 3.63) is 0 Å². The Morgan fingerprint density at radius 3 is 2.35 bits per heavy atom. The molecule has 0 spiro atoms. The van der Waals surface area contributed by atoms with Crippen LogP contribution in [0.3, 0.4) is 0 Å². The summed E-state index contributed by atoms with van der Waals surface area (Å²) in [4.78, 5) is 24.0. The van der Waals surface area contributed by atoms with Gasteiger partial charge in [-0.2, -0.15) is 0 Å². The van der Waals surface area contributed by atoms with E-state index in [1.54, 1.807) is 20.8 Å². The van der Waals surface area contributed by atoms with Gasteiger partial charge >= 0.3 is 12.1 Å². The number of ether oxygens (including phenoxy) is 3. The van der Waals surface area contributed by atoms with Crippen molar-refractivity contribution < 1.29 is 23.8 Å². The molecule has 0 aromatic rings. The van der Waals surface area contributed by atoms with Crippen molar-refractivity contribution in [1.82, 2.24) is 5.32 Å². The lowest BCUT2D eigenvalue weighted by atomic mass is 9.90. The van der Waals surface area contributed by atoms with Crippen molar-refractivity contribution >= 4 is 23.7 Å². The third kappa shape index (κ3) is 4.52. The third-order valence-electron chi connectivity index (χ3n) is 2.75. The number of hydrogen-bond acceptors (Lipinski definition) is 5. The van der Waals surface area contributed by atoms with Crippen LogP contribution in [0.4, 0.5) is 4.79 Å². The van der Waals surface area contributed by atoms with Crippen molar-refractivity contribution in [1.29, 1.82) is 0 Å². The summed E-state index contributed by atoms with van der Waals surface area (Å²) in [7, 11) is 0. The van der Waals surface area contributed by atoms with Gasteiger partial charge in [0, 0.05) is 6.42 Å². The van der Waals surface area contributed by atoms with Gasteiger partial charge in [-0.05, 0) is 34.6 Å². The minimum Gasteiger partial charge on any atom is -0.448 e. The molecule has 1 aliphatic rings. The number of amides is 1. The first-order valence-electron chi connectivity index (χ1n) is 6.38. The molecule has 0 aromatic carbocycles. The van der Waals surface area contributed by atoms with E-state index in [0.29, 0.717) is 0 Å². The van der Waals surface area contributed by atoms with Crippen molar-refractivity contribution in [3.8, 4) is 0 Å². The molecule has 20 heavy (non-hydrogen) atoms.